The number of aromatic nitrogens is 2. The number of nitrogens with zero attached hydrogens (tertiary/aromatic N) is 2. The number of pyridine rings is 2. The van der Waals surface area contributed by atoms with Gasteiger partial charge in [-0.25, -0.2) is 0 Å². The topological polar surface area (TPSA) is 66.2 Å². The molecule has 153 valence electrons. The maximum Gasteiger partial charge on any atom is 0.414 e. The smallest absolute Gasteiger partial charge is 0.387 e. The zero-order valence-corrected chi connectivity index (χ0v) is 18.2. The normalized spacial score (nSPS) is 13.3. The largest absolute Gasteiger partial charge is 0.414 e. The van der Waals surface area contributed by atoms with Gasteiger partial charge in [-0.2, -0.15) is 13.2 Å². The van der Waals surface area contributed by atoms with Crippen LogP contribution in [0.25, 0.3) is 21.8 Å². The summed E-state index contributed by atoms with van der Waals surface area (Å²) in [6.07, 6.45) is -5.51. The van der Waals surface area contributed by atoms with Crippen molar-refractivity contribution >= 4 is 33.1 Å². The van der Waals surface area contributed by atoms with Gasteiger partial charge in [0.15, 0.2) is 6.10 Å². The molecule has 0 aliphatic carbocycles. The molecule has 2 unspecified atom stereocenters. The maximum atomic E-state index is 11.9. The molecule has 9 heteroatoms. The van der Waals surface area contributed by atoms with E-state index in [4.69, 9.17) is 5.11 Å². The number of halogens is 3. The van der Waals surface area contributed by atoms with Crippen LogP contribution in [-0.4, -0.2) is 32.5 Å². The van der Waals surface area contributed by atoms with Crippen LogP contribution in [0.15, 0.2) is 66.3 Å². The summed E-state index contributed by atoms with van der Waals surface area (Å²) in [7, 11) is 0. The quantitative estimate of drug-likeness (QED) is 0.352. The van der Waals surface area contributed by atoms with Gasteiger partial charge in [-0.3, -0.25) is 9.97 Å². The van der Waals surface area contributed by atoms with Gasteiger partial charge in [-0.1, -0.05) is 30.3 Å². The first kappa shape index (κ1) is 24.3. The molecule has 1 aromatic carbocycles. The van der Waals surface area contributed by atoms with Crippen LogP contribution in [0, 0.1) is 49.4 Å². The molecule has 0 aliphatic rings. The molecule has 4 rings (SSSR count). The fourth-order valence-electron chi connectivity index (χ4n) is 2.62. The first-order chi connectivity index (χ1) is 13.4. The number of thiophene rings is 1. The van der Waals surface area contributed by atoms with Gasteiger partial charge in [-0.05, 0) is 23.6 Å². The summed E-state index contributed by atoms with van der Waals surface area (Å²) in [5.74, 6) is 0. The van der Waals surface area contributed by atoms with Gasteiger partial charge in [0.2, 0.25) is 0 Å². The van der Waals surface area contributed by atoms with Crippen LogP contribution in [0.2, 0.25) is 0 Å². The van der Waals surface area contributed by atoms with Crippen LogP contribution in [0.5, 0.6) is 0 Å². The minimum absolute atomic E-state index is 0. The summed E-state index contributed by atoms with van der Waals surface area (Å²) >= 11 is 1.16. The first-order valence-corrected chi connectivity index (χ1v) is 9.29. The van der Waals surface area contributed by atoms with Crippen LogP contribution in [0.4, 0.5) is 13.2 Å². The fraction of sp³-hybridized carbons (Fsp3) is 0.200. The van der Waals surface area contributed by atoms with E-state index in [1.165, 1.54) is 6.07 Å². The molecule has 2 N–H and O–H groups in total. The van der Waals surface area contributed by atoms with E-state index in [2.05, 4.69) is 34.2 Å². The first-order valence-electron chi connectivity index (χ1n) is 8.41. The zero-order chi connectivity index (χ0) is 20.1. The monoisotopic (exact) mass is 559 g/mol. The number of rotatable bonds is 3. The minimum Gasteiger partial charge on any atom is -0.387 e. The summed E-state index contributed by atoms with van der Waals surface area (Å²) in [5.41, 5.74) is 1.95. The Kier molecular flexibility index (Phi) is 9.12. The Labute approximate surface area is 210 Å². The molecular weight excluding hydrogens is 541 g/mol. The molecule has 4 nitrogen and oxygen atoms in total. The Balaban J connectivity index is 0.000000200. The molecule has 0 saturated heterocycles. The maximum absolute atomic E-state index is 11.9. The number of aliphatic hydroxyl groups is 2. The van der Waals surface area contributed by atoms with E-state index in [-0.39, 0.29) is 49.4 Å². The standard InChI is InChI=1S/C12H8N2.C8H9F3O2S.Eu/c1-3-9-5-6-10-4-2-8-14-12(10)11(9)13-7-1;9-8(10,11)7(13)4-5(12)6-2-1-3-14-6;/h1-8H;1-3,5,7,12-13H,4H2;. The molecule has 0 spiro atoms. The van der Waals surface area contributed by atoms with Crippen molar-refractivity contribution in [3.8, 4) is 0 Å². The summed E-state index contributed by atoms with van der Waals surface area (Å²) in [5, 5.41) is 21.9. The SMILES string of the molecule is OC(CC(O)C(F)(F)F)c1cccs1.[Eu].c1cnc2c(c1)ccc1cccnc12. The number of benzene rings is 1. The Morgan fingerprint density at radius 1 is 0.862 bits per heavy atom. The number of hydrogen-bond donors (Lipinski definition) is 2. The third-order valence-electron chi connectivity index (χ3n) is 4.04. The summed E-state index contributed by atoms with van der Waals surface area (Å²) in [6, 6.07) is 15.3. The molecule has 0 fully saturated rings. The van der Waals surface area contributed by atoms with E-state index in [0.29, 0.717) is 4.88 Å². The van der Waals surface area contributed by atoms with E-state index in [1.807, 2.05) is 12.1 Å². The summed E-state index contributed by atoms with van der Waals surface area (Å²) in [6.45, 7) is 0. The van der Waals surface area contributed by atoms with E-state index in [9.17, 15) is 18.3 Å². The van der Waals surface area contributed by atoms with Gasteiger partial charge in [0.25, 0.3) is 0 Å². The van der Waals surface area contributed by atoms with Crippen LogP contribution in [0.1, 0.15) is 17.4 Å². The molecule has 2 atom stereocenters. The predicted molar refractivity (Wildman–Crippen MR) is 103 cm³/mol. The van der Waals surface area contributed by atoms with Gasteiger partial charge >= 0.3 is 6.18 Å². The molecule has 0 bridgehead atoms. The molecule has 0 amide bonds. The molecule has 3 aromatic heterocycles. The minimum atomic E-state index is -4.67. The average molecular weight is 558 g/mol. The van der Waals surface area contributed by atoms with Crippen LogP contribution in [-0.2, 0) is 0 Å². The summed E-state index contributed by atoms with van der Waals surface area (Å²) in [4.78, 5) is 9.12. The van der Waals surface area contributed by atoms with Crippen molar-refractivity contribution in [3.63, 3.8) is 0 Å². The van der Waals surface area contributed by atoms with Crippen molar-refractivity contribution in [1.29, 1.82) is 0 Å². The van der Waals surface area contributed by atoms with Gasteiger partial charge in [0.1, 0.15) is 0 Å². The Morgan fingerprint density at radius 3 is 1.86 bits per heavy atom. The number of alkyl halides is 3. The third-order valence-corrected chi connectivity index (χ3v) is 5.01. The van der Waals surface area contributed by atoms with E-state index < -0.39 is 24.8 Å². The molecule has 29 heavy (non-hydrogen) atoms. The molecule has 4 aromatic rings. The second-order valence-electron chi connectivity index (χ2n) is 6.04. The fourth-order valence-corrected chi connectivity index (χ4v) is 3.35. The van der Waals surface area contributed by atoms with Gasteiger partial charge in [-0.15, -0.1) is 11.3 Å². The van der Waals surface area contributed by atoms with Crippen molar-refractivity contribution in [2.45, 2.75) is 24.8 Å². The second-order valence-corrected chi connectivity index (χ2v) is 7.02. The van der Waals surface area contributed by atoms with Gasteiger partial charge in [0.05, 0.1) is 17.1 Å². The van der Waals surface area contributed by atoms with Gasteiger partial charge < -0.3 is 10.2 Å². The third kappa shape index (κ3) is 6.51. The van der Waals surface area contributed by atoms with Crippen molar-refractivity contribution < 1.29 is 72.8 Å². The Hall–Kier alpha value is -0.966. The van der Waals surface area contributed by atoms with E-state index >= 15 is 0 Å². The number of hydrogen-bond acceptors (Lipinski definition) is 5. The zero-order valence-electron chi connectivity index (χ0n) is 14.9. The van der Waals surface area contributed by atoms with Crippen molar-refractivity contribution in [3.05, 3.63) is 71.2 Å². The average Bonchev–Trinajstić information content (AvgIpc) is 3.23. The molecule has 1 radical (unpaired) electrons. The van der Waals surface area contributed by atoms with E-state index in [0.717, 1.165) is 33.1 Å². The molecule has 3 heterocycles. The number of fused-ring (bicyclic) bond motifs is 3. The Morgan fingerprint density at radius 2 is 1.41 bits per heavy atom. The van der Waals surface area contributed by atoms with Crippen LogP contribution < -0.4 is 0 Å². The summed E-state index contributed by atoms with van der Waals surface area (Å²) < 4.78 is 35.7. The van der Waals surface area contributed by atoms with Gasteiger partial charge in [0, 0.05) is 83.8 Å². The molecule has 0 saturated carbocycles. The van der Waals surface area contributed by atoms with E-state index in [1.54, 1.807) is 23.8 Å². The van der Waals surface area contributed by atoms with Crippen LogP contribution in [0.3, 0.4) is 0 Å². The molecular formula is C20H17EuF3N2O2S. The Bertz CT molecular complexity index is 990. The van der Waals surface area contributed by atoms with Crippen molar-refractivity contribution in [2.24, 2.45) is 0 Å². The van der Waals surface area contributed by atoms with Crippen molar-refractivity contribution in [2.75, 3.05) is 0 Å². The van der Waals surface area contributed by atoms with Crippen molar-refractivity contribution in [1.82, 2.24) is 9.97 Å². The number of aliphatic hydroxyl groups excluding tert-OH is 2. The molecule has 0 aliphatic heterocycles. The second kappa shape index (κ2) is 10.9. The predicted octanol–water partition coefficient (Wildman–Crippen LogP) is 4.88. The van der Waals surface area contributed by atoms with Crippen LogP contribution >= 0.6 is 11.3 Å².